The van der Waals surface area contributed by atoms with Gasteiger partial charge in [0.2, 0.25) is 11.8 Å². The number of hydrogen-bond donors (Lipinski definition) is 0. The van der Waals surface area contributed by atoms with Gasteiger partial charge in [-0.2, -0.15) is 13.2 Å². The molecule has 0 bridgehead atoms. The Morgan fingerprint density at radius 1 is 1.53 bits per heavy atom. The van der Waals surface area contributed by atoms with Crippen LogP contribution in [0.2, 0.25) is 0 Å². The van der Waals surface area contributed by atoms with Crippen molar-refractivity contribution in [3.05, 3.63) is 23.9 Å². The zero-order valence-electron chi connectivity index (χ0n) is 10.3. The second-order valence-electron chi connectivity index (χ2n) is 4.37. The number of carbonyl (C=O) groups excluding carboxylic acids is 1. The fraction of sp³-hybridized carbons (Fsp3) is 0.500. The first-order chi connectivity index (χ1) is 8.86. The summed E-state index contributed by atoms with van der Waals surface area (Å²) in [6.45, 7) is 2.39. The van der Waals surface area contributed by atoms with Crippen molar-refractivity contribution < 1.29 is 22.7 Å². The number of pyridine rings is 1. The number of carbonyl (C=O) groups is 1. The summed E-state index contributed by atoms with van der Waals surface area (Å²) in [5, 5.41) is 0. The van der Waals surface area contributed by atoms with Crippen LogP contribution >= 0.6 is 0 Å². The Labute approximate surface area is 108 Å². The van der Waals surface area contributed by atoms with Crippen LogP contribution in [0.5, 0.6) is 5.88 Å². The third-order valence-corrected chi connectivity index (χ3v) is 2.94. The van der Waals surface area contributed by atoms with Crippen LogP contribution < -0.4 is 4.74 Å². The number of ether oxygens (including phenoxy) is 1. The molecule has 1 atom stereocenters. The van der Waals surface area contributed by atoms with E-state index in [-0.39, 0.29) is 17.9 Å². The van der Waals surface area contributed by atoms with Gasteiger partial charge in [-0.1, -0.05) is 0 Å². The summed E-state index contributed by atoms with van der Waals surface area (Å²) in [6, 6.07) is 1.76. The lowest BCUT2D eigenvalue weighted by Gasteiger charge is -2.15. The van der Waals surface area contributed by atoms with Gasteiger partial charge in [0.05, 0.1) is 12.1 Å². The summed E-state index contributed by atoms with van der Waals surface area (Å²) in [5.74, 6) is -0.131. The Kier molecular flexibility index (Phi) is 3.64. The lowest BCUT2D eigenvalue weighted by Crippen LogP contribution is -2.28. The Hall–Kier alpha value is -1.79. The standard InChI is InChI=1S/C12H13F3N2O2/c1-8(18)17-5-3-10(7-17)19-11-6-9(2-4-16-11)12(13,14)15/h2,4,6,10H,3,5,7H2,1H3. The summed E-state index contributed by atoms with van der Waals surface area (Å²) in [5.41, 5.74) is -0.793. The highest BCUT2D eigenvalue weighted by Gasteiger charge is 2.32. The summed E-state index contributed by atoms with van der Waals surface area (Å²) >= 11 is 0. The predicted octanol–water partition coefficient (Wildman–Crippen LogP) is 2.10. The van der Waals surface area contributed by atoms with Gasteiger partial charge in [-0.05, 0) is 6.07 Å². The van der Waals surface area contributed by atoms with Gasteiger partial charge in [-0.3, -0.25) is 4.79 Å². The van der Waals surface area contributed by atoms with Gasteiger partial charge in [0.15, 0.2) is 0 Å². The molecule has 19 heavy (non-hydrogen) atoms. The first-order valence-corrected chi connectivity index (χ1v) is 5.81. The molecule has 2 heterocycles. The first kappa shape index (κ1) is 13.6. The fourth-order valence-corrected chi connectivity index (χ4v) is 1.93. The lowest BCUT2D eigenvalue weighted by molar-refractivity contribution is -0.137. The minimum atomic E-state index is -4.41. The molecule has 0 aliphatic carbocycles. The van der Waals surface area contributed by atoms with Crippen LogP contribution in [-0.4, -0.2) is 35.0 Å². The van der Waals surface area contributed by atoms with Crippen LogP contribution in [0.4, 0.5) is 13.2 Å². The Balaban J connectivity index is 2.03. The molecule has 104 valence electrons. The van der Waals surface area contributed by atoms with Gasteiger partial charge in [0, 0.05) is 32.2 Å². The predicted molar refractivity (Wildman–Crippen MR) is 60.5 cm³/mol. The van der Waals surface area contributed by atoms with Crippen molar-refractivity contribution in [2.24, 2.45) is 0 Å². The van der Waals surface area contributed by atoms with E-state index in [9.17, 15) is 18.0 Å². The number of hydrogen-bond acceptors (Lipinski definition) is 3. The third-order valence-electron chi connectivity index (χ3n) is 2.94. The van der Waals surface area contributed by atoms with Crippen molar-refractivity contribution in [3.8, 4) is 5.88 Å². The van der Waals surface area contributed by atoms with Gasteiger partial charge in [-0.25, -0.2) is 4.98 Å². The molecule has 1 amide bonds. The maximum absolute atomic E-state index is 12.5. The normalized spacial score (nSPS) is 19.6. The molecular formula is C12H13F3N2O2. The van der Waals surface area contributed by atoms with E-state index in [0.29, 0.717) is 19.5 Å². The molecule has 1 aromatic heterocycles. The Morgan fingerprint density at radius 3 is 2.84 bits per heavy atom. The van der Waals surface area contributed by atoms with Gasteiger partial charge < -0.3 is 9.64 Å². The molecule has 0 saturated carbocycles. The number of nitrogens with zero attached hydrogens (tertiary/aromatic N) is 2. The molecule has 0 N–H and O–H groups in total. The fourth-order valence-electron chi connectivity index (χ4n) is 1.93. The van der Waals surface area contributed by atoms with Crippen LogP contribution in [0.1, 0.15) is 18.9 Å². The Bertz CT molecular complexity index is 476. The smallest absolute Gasteiger partial charge is 0.416 e. The van der Waals surface area contributed by atoms with Crippen LogP contribution in [0.3, 0.4) is 0 Å². The molecule has 1 aromatic rings. The zero-order chi connectivity index (χ0) is 14.0. The largest absolute Gasteiger partial charge is 0.472 e. The first-order valence-electron chi connectivity index (χ1n) is 5.81. The minimum absolute atomic E-state index is 0.0646. The van der Waals surface area contributed by atoms with Crippen molar-refractivity contribution >= 4 is 5.91 Å². The number of amides is 1. The van der Waals surface area contributed by atoms with E-state index in [4.69, 9.17) is 4.74 Å². The number of halogens is 3. The highest BCUT2D eigenvalue weighted by molar-refractivity contribution is 5.73. The average Bonchev–Trinajstić information content (AvgIpc) is 2.77. The highest BCUT2D eigenvalue weighted by Crippen LogP contribution is 2.30. The number of alkyl halides is 3. The van der Waals surface area contributed by atoms with Crippen molar-refractivity contribution in [2.45, 2.75) is 25.6 Å². The molecule has 0 radical (unpaired) electrons. The topological polar surface area (TPSA) is 42.4 Å². The monoisotopic (exact) mass is 274 g/mol. The SMILES string of the molecule is CC(=O)N1CCC(Oc2cc(C(F)(F)F)ccn2)C1. The molecule has 1 saturated heterocycles. The van der Waals surface area contributed by atoms with E-state index in [0.717, 1.165) is 18.3 Å². The maximum Gasteiger partial charge on any atom is 0.416 e. The summed E-state index contributed by atoms with van der Waals surface area (Å²) in [7, 11) is 0. The van der Waals surface area contributed by atoms with Gasteiger partial charge in [0.1, 0.15) is 6.10 Å². The highest BCUT2D eigenvalue weighted by atomic mass is 19.4. The van der Waals surface area contributed by atoms with Crippen LogP contribution in [-0.2, 0) is 11.0 Å². The summed E-state index contributed by atoms with van der Waals surface area (Å²) in [6.07, 6.45) is -3.06. The van der Waals surface area contributed by atoms with E-state index < -0.39 is 11.7 Å². The minimum Gasteiger partial charge on any atom is -0.472 e. The summed E-state index contributed by atoms with van der Waals surface area (Å²) < 4.78 is 42.9. The van der Waals surface area contributed by atoms with Crippen molar-refractivity contribution in [1.82, 2.24) is 9.88 Å². The molecule has 1 fully saturated rings. The molecule has 7 heteroatoms. The number of likely N-dealkylation sites (tertiary alicyclic amines) is 1. The zero-order valence-corrected chi connectivity index (χ0v) is 10.3. The Morgan fingerprint density at radius 2 is 2.26 bits per heavy atom. The van der Waals surface area contributed by atoms with E-state index >= 15 is 0 Å². The lowest BCUT2D eigenvalue weighted by atomic mass is 10.2. The number of rotatable bonds is 2. The molecule has 1 aliphatic rings. The van der Waals surface area contributed by atoms with E-state index in [1.807, 2.05) is 0 Å². The second-order valence-corrected chi connectivity index (χ2v) is 4.37. The van der Waals surface area contributed by atoms with Crippen LogP contribution in [0.15, 0.2) is 18.3 Å². The number of aromatic nitrogens is 1. The van der Waals surface area contributed by atoms with Crippen molar-refractivity contribution in [1.29, 1.82) is 0 Å². The second kappa shape index (κ2) is 5.07. The van der Waals surface area contributed by atoms with E-state index in [1.165, 1.54) is 6.92 Å². The quantitative estimate of drug-likeness (QED) is 0.829. The third kappa shape index (κ3) is 3.36. The van der Waals surface area contributed by atoms with Crippen LogP contribution in [0, 0.1) is 0 Å². The van der Waals surface area contributed by atoms with Gasteiger partial charge in [0.25, 0.3) is 0 Å². The van der Waals surface area contributed by atoms with Gasteiger partial charge >= 0.3 is 6.18 Å². The molecule has 0 aromatic carbocycles. The molecule has 0 spiro atoms. The maximum atomic E-state index is 12.5. The van der Waals surface area contributed by atoms with Gasteiger partial charge in [-0.15, -0.1) is 0 Å². The molecule has 1 aliphatic heterocycles. The average molecular weight is 274 g/mol. The van der Waals surface area contributed by atoms with E-state index in [1.54, 1.807) is 4.90 Å². The van der Waals surface area contributed by atoms with Crippen molar-refractivity contribution in [2.75, 3.05) is 13.1 Å². The molecular weight excluding hydrogens is 261 g/mol. The molecule has 1 unspecified atom stereocenters. The molecule has 4 nitrogen and oxygen atoms in total. The van der Waals surface area contributed by atoms with E-state index in [2.05, 4.69) is 4.98 Å². The summed E-state index contributed by atoms with van der Waals surface area (Å²) in [4.78, 5) is 16.5. The van der Waals surface area contributed by atoms with Crippen molar-refractivity contribution in [3.63, 3.8) is 0 Å². The molecule has 2 rings (SSSR count). The van der Waals surface area contributed by atoms with Crippen LogP contribution in [0.25, 0.3) is 0 Å².